The molecule has 0 bridgehead atoms. The van der Waals surface area contributed by atoms with Crippen molar-refractivity contribution in [2.24, 2.45) is 0 Å². The normalized spacial score (nSPS) is 16.3. The molecule has 1 aromatic carbocycles. The molecule has 156 valence electrons. The summed E-state index contributed by atoms with van der Waals surface area (Å²) in [5.41, 5.74) is 3.08. The van der Waals surface area contributed by atoms with Crippen LogP contribution in [0.4, 0.5) is 5.69 Å². The summed E-state index contributed by atoms with van der Waals surface area (Å²) in [6, 6.07) is 6.97. The van der Waals surface area contributed by atoms with Gasteiger partial charge in [-0.15, -0.1) is 5.92 Å². The quantitative estimate of drug-likeness (QED) is 0.369. The SMILES string of the molecule is CCCCCC#CC(CS(=O)(=O)N1CCN(c2ccc(OC)cc2)CC1)NO. The second-order valence-corrected chi connectivity index (χ2v) is 8.84. The van der Waals surface area contributed by atoms with Gasteiger partial charge in [0.25, 0.3) is 0 Å². The molecule has 0 aliphatic carbocycles. The summed E-state index contributed by atoms with van der Waals surface area (Å²) in [5.74, 6) is 6.36. The maximum atomic E-state index is 12.7. The molecule has 8 heteroatoms. The average molecular weight is 410 g/mol. The van der Waals surface area contributed by atoms with Gasteiger partial charge in [0.1, 0.15) is 11.8 Å². The molecule has 0 saturated carbocycles. The standard InChI is InChI=1S/C20H31N3O4S/c1-3-4-5-6-7-8-18(21-24)17-28(25,26)23-15-13-22(14-16-23)19-9-11-20(27-2)12-10-19/h9-12,18,21,24H,3-6,13-17H2,1-2H3. The Morgan fingerprint density at radius 2 is 1.86 bits per heavy atom. The van der Waals surface area contributed by atoms with Gasteiger partial charge in [-0.05, 0) is 30.7 Å². The zero-order valence-electron chi connectivity index (χ0n) is 16.7. The largest absolute Gasteiger partial charge is 0.497 e. The van der Waals surface area contributed by atoms with Crippen LogP contribution in [0.15, 0.2) is 24.3 Å². The molecule has 1 fully saturated rings. The molecule has 1 atom stereocenters. The second-order valence-electron chi connectivity index (χ2n) is 6.82. The number of unbranched alkanes of at least 4 members (excludes halogenated alkanes) is 3. The lowest BCUT2D eigenvalue weighted by molar-refractivity contribution is 0.153. The van der Waals surface area contributed by atoms with Crippen molar-refractivity contribution in [1.82, 2.24) is 9.79 Å². The summed E-state index contributed by atoms with van der Waals surface area (Å²) >= 11 is 0. The van der Waals surface area contributed by atoms with E-state index in [2.05, 4.69) is 23.7 Å². The number of methoxy groups -OCH3 is 1. The number of hydrogen-bond donors (Lipinski definition) is 2. The molecule has 2 rings (SSSR count). The number of ether oxygens (including phenoxy) is 1. The van der Waals surface area contributed by atoms with E-state index in [0.29, 0.717) is 32.6 Å². The van der Waals surface area contributed by atoms with E-state index in [0.717, 1.165) is 30.7 Å². The number of anilines is 1. The first-order chi connectivity index (χ1) is 13.5. The van der Waals surface area contributed by atoms with Crippen molar-refractivity contribution in [3.63, 3.8) is 0 Å². The summed E-state index contributed by atoms with van der Waals surface area (Å²) in [6.45, 7) is 4.18. The Morgan fingerprint density at radius 3 is 2.43 bits per heavy atom. The van der Waals surface area contributed by atoms with Gasteiger partial charge in [-0.3, -0.25) is 0 Å². The molecule has 1 aromatic rings. The van der Waals surface area contributed by atoms with Gasteiger partial charge in [0.05, 0.1) is 12.9 Å². The molecule has 0 spiro atoms. The van der Waals surface area contributed by atoms with Gasteiger partial charge >= 0.3 is 0 Å². The topological polar surface area (TPSA) is 82.1 Å². The summed E-state index contributed by atoms with van der Waals surface area (Å²) < 4.78 is 32.0. The number of benzene rings is 1. The summed E-state index contributed by atoms with van der Waals surface area (Å²) in [4.78, 5) is 2.15. The lowest BCUT2D eigenvalue weighted by atomic mass is 10.2. The van der Waals surface area contributed by atoms with Crippen LogP contribution in [0.2, 0.25) is 0 Å². The van der Waals surface area contributed by atoms with E-state index < -0.39 is 16.1 Å². The third-order valence-electron chi connectivity index (χ3n) is 4.78. The third kappa shape index (κ3) is 6.67. The Morgan fingerprint density at radius 1 is 1.18 bits per heavy atom. The van der Waals surface area contributed by atoms with E-state index in [1.54, 1.807) is 7.11 Å². The van der Waals surface area contributed by atoms with Gasteiger partial charge in [-0.2, -0.15) is 9.79 Å². The smallest absolute Gasteiger partial charge is 0.216 e. The Labute approximate surface area is 168 Å². The molecule has 1 aliphatic heterocycles. The molecule has 1 saturated heterocycles. The Hall–Kier alpha value is -1.79. The molecular weight excluding hydrogens is 378 g/mol. The van der Waals surface area contributed by atoms with E-state index >= 15 is 0 Å². The fraction of sp³-hybridized carbons (Fsp3) is 0.600. The minimum Gasteiger partial charge on any atom is -0.497 e. The number of hydrogen-bond acceptors (Lipinski definition) is 6. The van der Waals surface area contributed by atoms with Crippen LogP contribution in [0.3, 0.4) is 0 Å². The molecule has 1 unspecified atom stereocenters. The molecule has 0 aromatic heterocycles. The van der Waals surface area contributed by atoms with Crippen molar-refractivity contribution in [1.29, 1.82) is 0 Å². The summed E-state index contributed by atoms with van der Waals surface area (Å²) in [7, 11) is -1.87. The molecule has 7 nitrogen and oxygen atoms in total. The van der Waals surface area contributed by atoms with E-state index in [9.17, 15) is 13.6 Å². The van der Waals surface area contributed by atoms with Gasteiger partial charge < -0.3 is 14.8 Å². The fourth-order valence-corrected chi connectivity index (χ4v) is 4.61. The predicted octanol–water partition coefficient (Wildman–Crippen LogP) is 2.08. The first-order valence-corrected chi connectivity index (χ1v) is 11.4. The number of rotatable bonds is 9. The molecule has 0 radical (unpaired) electrons. The van der Waals surface area contributed by atoms with Crippen LogP contribution in [0.1, 0.15) is 32.6 Å². The number of nitrogens with one attached hydrogen (secondary N) is 1. The number of hydroxylamine groups is 1. The minimum atomic E-state index is -3.50. The molecule has 1 heterocycles. The minimum absolute atomic E-state index is 0.229. The van der Waals surface area contributed by atoms with Gasteiger partial charge in [0.15, 0.2) is 0 Å². The Bertz CT molecular complexity index is 748. The number of piperazine rings is 1. The highest BCUT2D eigenvalue weighted by molar-refractivity contribution is 7.89. The van der Waals surface area contributed by atoms with E-state index in [1.807, 2.05) is 29.7 Å². The maximum absolute atomic E-state index is 12.7. The van der Waals surface area contributed by atoms with Crippen LogP contribution in [0.25, 0.3) is 0 Å². The first-order valence-electron chi connectivity index (χ1n) is 9.75. The monoisotopic (exact) mass is 409 g/mol. The Kier molecular flexibility index (Phi) is 9.06. The van der Waals surface area contributed by atoms with Crippen molar-refractivity contribution in [2.45, 2.75) is 38.6 Å². The van der Waals surface area contributed by atoms with Gasteiger partial charge in [0.2, 0.25) is 10.0 Å². The average Bonchev–Trinajstić information content (AvgIpc) is 2.73. The number of nitrogens with zero attached hydrogens (tertiary/aromatic N) is 2. The van der Waals surface area contributed by atoms with Gasteiger partial charge in [-0.1, -0.05) is 25.7 Å². The lowest BCUT2D eigenvalue weighted by Crippen LogP contribution is -2.51. The summed E-state index contributed by atoms with van der Waals surface area (Å²) in [5, 5.41) is 9.27. The zero-order valence-corrected chi connectivity index (χ0v) is 17.5. The molecule has 0 amide bonds. The van der Waals surface area contributed by atoms with Crippen molar-refractivity contribution in [3.05, 3.63) is 24.3 Å². The van der Waals surface area contributed by atoms with Crippen molar-refractivity contribution in [3.8, 4) is 17.6 Å². The van der Waals surface area contributed by atoms with Gasteiger partial charge in [-0.25, -0.2) is 8.42 Å². The Balaban J connectivity index is 1.88. The van der Waals surface area contributed by atoms with Crippen molar-refractivity contribution < 1.29 is 18.4 Å². The number of sulfonamides is 1. The van der Waals surface area contributed by atoms with Crippen LogP contribution in [-0.4, -0.2) is 63.0 Å². The molecule has 2 N–H and O–H groups in total. The van der Waals surface area contributed by atoms with Crippen LogP contribution in [-0.2, 0) is 10.0 Å². The van der Waals surface area contributed by atoms with Crippen molar-refractivity contribution in [2.75, 3.05) is 43.9 Å². The van der Waals surface area contributed by atoms with Crippen LogP contribution < -0.4 is 15.1 Å². The summed E-state index contributed by atoms with van der Waals surface area (Å²) in [6.07, 6.45) is 3.91. The molecule has 1 aliphatic rings. The van der Waals surface area contributed by atoms with Crippen LogP contribution in [0.5, 0.6) is 5.75 Å². The van der Waals surface area contributed by atoms with Crippen LogP contribution in [0, 0.1) is 11.8 Å². The van der Waals surface area contributed by atoms with E-state index in [4.69, 9.17) is 4.74 Å². The van der Waals surface area contributed by atoms with Crippen molar-refractivity contribution >= 4 is 15.7 Å². The maximum Gasteiger partial charge on any atom is 0.216 e. The van der Waals surface area contributed by atoms with E-state index in [-0.39, 0.29) is 5.75 Å². The highest BCUT2D eigenvalue weighted by Crippen LogP contribution is 2.21. The first kappa shape index (κ1) is 22.5. The molecular formula is C20H31N3O4S. The van der Waals surface area contributed by atoms with Gasteiger partial charge in [0, 0.05) is 38.3 Å². The predicted molar refractivity (Wildman–Crippen MR) is 111 cm³/mol. The second kappa shape index (κ2) is 11.3. The highest BCUT2D eigenvalue weighted by atomic mass is 32.2. The zero-order chi connectivity index (χ0) is 20.4. The lowest BCUT2D eigenvalue weighted by Gasteiger charge is -2.35. The third-order valence-corrected chi connectivity index (χ3v) is 6.69. The highest BCUT2D eigenvalue weighted by Gasteiger charge is 2.29. The molecule has 28 heavy (non-hydrogen) atoms. The van der Waals surface area contributed by atoms with Crippen LogP contribution >= 0.6 is 0 Å². The fourth-order valence-electron chi connectivity index (χ4n) is 3.10. The van der Waals surface area contributed by atoms with E-state index in [1.165, 1.54) is 4.31 Å².